The molecule has 1 aliphatic heterocycles. The predicted octanol–water partition coefficient (Wildman–Crippen LogP) is 5.75. The van der Waals surface area contributed by atoms with Crippen LogP contribution in [0.4, 0.5) is 10.1 Å². The first kappa shape index (κ1) is 24.3. The number of para-hydroxylation sites is 1. The minimum absolute atomic E-state index is 0.0120. The number of benzene rings is 2. The summed E-state index contributed by atoms with van der Waals surface area (Å²) in [6.07, 6.45) is 10.5. The van der Waals surface area contributed by atoms with Crippen LogP contribution in [0.2, 0.25) is 5.02 Å². The number of sulfonamides is 1. The van der Waals surface area contributed by atoms with Gasteiger partial charge in [0.1, 0.15) is 5.82 Å². The van der Waals surface area contributed by atoms with Crippen molar-refractivity contribution in [3.05, 3.63) is 77.1 Å². The summed E-state index contributed by atoms with van der Waals surface area (Å²) in [4.78, 5) is 9.71. The molecule has 1 fully saturated rings. The average Bonchev–Trinajstić information content (AvgIpc) is 3.53. The van der Waals surface area contributed by atoms with Crippen LogP contribution in [-0.2, 0) is 23.1 Å². The number of halogens is 2. The van der Waals surface area contributed by atoms with Crippen molar-refractivity contribution in [1.82, 2.24) is 14.3 Å². The summed E-state index contributed by atoms with van der Waals surface area (Å²) in [5.74, 6) is 0.0652. The van der Waals surface area contributed by atoms with Crippen LogP contribution >= 0.6 is 11.6 Å². The van der Waals surface area contributed by atoms with Crippen molar-refractivity contribution in [1.29, 1.82) is 0 Å². The number of aromatic nitrogens is 2. The molecule has 1 N–H and O–H groups in total. The van der Waals surface area contributed by atoms with Gasteiger partial charge in [0.15, 0.2) is 0 Å². The predicted molar refractivity (Wildman–Crippen MR) is 135 cm³/mol. The SMILES string of the molecule is O=S(=O)(c1ccc(F)c(Cl)c1)N1Cc2ccccc2N(Cc2cnc[nH]2)C(CCC2CCCC2)C1. The van der Waals surface area contributed by atoms with Crippen LogP contribution in [0.5, 0.6) is 0 Å². The molecule has 0 saturated heterocycles. The lowest BCUT2D eigenvalue weighted by Gasteiger charge is -2.34. The smallest absolute Gasteiger partial charge is 0.243 e. The lowest BCUT2D eigenvalue weighted by molar-refractivity contribution is 0.350. The summed E-state index contributed by atoms with van der Waals surface area (Å²) in [5.41, 5.74) is 2.95. The number of hydrogen-bond donors (Lipinski definition) is 1. The van der Waals surface area contributed by atoms with Crippen molar-refractivity contribution in [2.75, 3.05) is 11.4 Å². The highest BCUT2D eigenvalue weighted by molar-refractivity contribution is 7.89. The first-order valence-corrected chi connectivity index (χ1v) is 14.0. The number of hydrogen-bond acceptors (Lipinski definition) is 4. The molecule has 1 aromatic heterocycles. The molecule has 1 unspecified atom stereocenters. The summed E-state index contributed by atoms with van der Waals surface area (Å²) in [7, 11) is -3.89. The zero-order valence-electron chi connectivity index (χ0n) is 19.5. The summed E-state index contributed by atoms with van der Waals surface area (Å²) in [5, 5.41) is -0.194. The Hall–Kier alpha value is -2.42. The first-order chi connectivity index (χ1) is 16.9. The van der Waals surface area contributed by atoms with Gasteiger partial charge in [0.2, 0.25) is 10.0 Å². The van der Waals surface area contributed by atoms with E-state index in [-0.39, 0.29) is 22.5 Å². The van der Waals surface area contributed by atoms with E-state index in [1.165, 1.54) is 42.1 Å². The second-order valence-electron chi connectivity index (χ2n) is 9.59. The van der Waals surface area contributed by atoms with E-state index in [0.29, 0.717) is 19.0 Å². The molecule has 0 radical (unpaired) electrons. The summed E-state index contributed by atoms with van der Waals surface area (Å²) >= 11 is 5.95. The Bertz CT molecular complexity index is 1260. The summed E-state index contributed by atoms with van der Waals surface area (Å²) in [6, 6.07) is 11.6. The Balaban J connectivity index is 1.52. The maximum absolute atomic E-state index is 13.8. The summed E-state index contributed by atoms with van der Waals surface area (Å²) < 4.78 is 42.8. The van der Waals surface area contributed by atoms with E-state index in [1.807, 2.05) is 24.4 Å². The molecule has 6 nitrogen and oxygen atoms in total. The van der Waals surface area contributed by atoms with Gasteiger partial charge in [-0.3, -0.25) is 0 Å². The molecule has 1 saturated carbocycles. The fraction of sp³-hybridized carbons (Fsp3) is 0.423. The molecule has 2 heterocycles. The van der Waals surface area contributed by atoms with Gasteiger partial charge >= 0.3 is 0 Å². The van der Waals surface area contributed by atoms with Crippen LogP contribution < -0.4 is 4.90 Å². The lowest BCUT2D eigenvalue weighted by Crippen LogP contribution is -2.43. The minimum atomic E-state index is -3.89. The molecule has 2 aromatic carbocycles. The molecule has 0 amide bonds. The van der Waals surface area contributed by atoms with Crippen LogP contribution in [0.15, 0.2) is 59.9 Å². The molecule has 5 rings (SSSR count). The molecule has 35 heavy (non-hydrogen) atoms. The van der Waals surface area contributed by atoms with E-state index in [1.54, 1.807) is 6.33 Å². The second-order valence-corrected chi connectivity index (χ2v) is 11.9. The Morgan fingerprint density at radius 3 is 2.66 bits per heavy atom. The van der Waals surface area contributed by atoms with Crippen molar-refractivity contribution in [2.45, 2.75) is 62.6 Å². The van der Waals surface area contributed by atoms with Crippen molar-refractivity contribution in [3.63, 3.8) is 0 Å². The Morgan fingerprint density at radius 1 is 1.11 bits per heavy atom. The zero-order chi connectivity index (χ0) is 24.4. The molecular formula is C26H30ClFN4O2S. The zero-order valence-corrected chi connectivity index (χ0v) is 21.1. The number of rotatable bonds is 7. The van der Waals surface area contributed by atoms with E-state index in [4.69, 9.17) is 11.6 Å². The van der Waals surface area contributed by atoms with Crippen molar-refractivity contribution >= 4 is 27.3 Å². The van der Waals surface area contributed by atoms with E-state index in [9.17, 15) is 12.8 Å². The number of anilines is 1. The van der Waals surface area contributed by atoms with Gasteiger partial charge < -0.3 is 9.88 Å². The van der Waals surface area contributed by atoms with E-state index >= 15 is 0 Å². The van der Waals surface area contributed by atoms with Gasteiger partial charge in [-0.2, -0.15) is 4.31 Å². The minimum Gasteiger partial charge on any atom is -0.361 e. The molecular weight excluding hydrogens is 487 g/mol. The van der Waals surface area contributed by atoms with Crippen molar-refractivity contribution in [2.24, 2.45) is 5.92 Å². The number of fused-ring (bicyclic) bond motifs is 1. The quantitative estimate of drug-likeness (QED) is 0.434. The highest BCUT2D eigenvalue weighted by Crippen LogP contribution is 2.36. The Labute approximate surface area is 211 Å². The van der Waals surface area contributed by atoms with Gasteiger partial charge in [0.05, 0.1) is 28.5 Å². The van der Waals surface area contributed by atoms with Gasteiger partial charge in [0.25, 0.3) is 0 Å². The third-order valence-corrected chi connectivity index (χ3v) is 9.41. The topological polar surface area (TPSA) is 69.3 Å². The van der Waals surface area contributed by atoms with E-state index in [0.717, 1.165) is 35.9 Å². The highest BCUT2D eigenvalue weighted by atomic mass is 35.5. The first-order valence-electron chi connectivity index (χ1n) is 12.2. The number of aromatic amines is 1. The number of nitrogens with one attached hydrogen (secondary N) is 1. The molecule has 9 heteroatoms. The highest BCUT2D eigenvalue weighted by Gasteiger charge is 2.35. The van der Waals surface area contributed by atoms with E-state index < -0.39 is 15.8 Å². The van der Waals surface area contributed by atoms with E-state index in [2.05, 4.69) is 20.9 Å². The average molecular weight is 517 g/mol. The van der Waals surface area contributed by atoms with Gasteiger partial charge in [-0.05, 0) is 48.6 Å². The number of H-pyrrole nitrogens is 1. The fourth-order valence-corrected chi connectivity index (χ4v) is 7.15. The maximum Gasteiger partial charge on any atom is 0.243 e. The van der Waals surface area contributed by atoms with Crippen LogP contribution in [0, 0.1) is 11.7 Å². The molecule has 2 aliphatic rings. The third kappa shape index (κ3) is 5.25. The van der Waals surface area contributed by atoms with Crippen molar-refractivity contribution < 1.29 is 12.8 Å². The molecule has 0 spiro atoms. The molecule has 1 atom stereocenters. The summed E-state index contributed by atoms with van der Waals surface area (Å²) in [6.45, 7) is 1.20. The van der Waals surface area contributed by atoms with Gasteiger partial charge in [-0.1, -0.05) is 55.5 Å². The standard InChI is InChI=1S/C26H30ClFN4O2S/c27-24-13-23(11-12-25(24)28)35(33,34)31-15-20-7-3-4-8-26(20)32(16-21-14-29-18-30-21)22(17-31)10-9-19-5-1-2-6-19/h3-4,7-8,11-14,18-19,22H,1-2,5-6,9-10,15-17H2,(H,29,30). The maximum atomic E-state index is 13.8. The van der Waals surface area contributed by atoms with Crippen LogP contribution in [0.1, 0.15) is 49.8 Å². The monoisotopic (exact) mass is 516 g/mol. The molecule has 3 aromatic rings. The van der Waals surface area contributed by atoms with Crippen LogP contribution in [0.25, 0.3) is 0 Å². The van der Waals surface area contributed by atoms with Gasteiger partial charge in [-0.25, -0.2) is 17.8 Å². The molecule has 0 bridgehead atoms. The molecule has 1 aliphatic carbocycles. The number of nitrogens with zero attached hydrogens (tertiary/aromatic N) is 3. The molecule has 186 valence electrons. The van der Waals surface area contributed by atoms with Crippen LogP contribution in [-0.4, -0.2) is 35.3 Å². The fourth-order valence-electron chi connectivity index (χ4n) is 5.42. The van der Waals surface area contributed by atoms with Crippen LogP contribution in [0.3, 0.4) is 0 Å². The lowest BCUT2D eigenvalue weighted by atomic mass is 9.97. The normalized spacial score (nSPS) is 19.6. The largest absolute Gasteiger partial charge is 0.361 e. The number of imidazole rings is 1. The Morgan fingerprint density at radius 2 is 1.91 bits per heavy atom. The van der Waals surface area contributed by atoms with Gasteiger partial charge in [0, 0.05) is 31.0 Å². The third-order valence-electron chi connectivity index (χ3n) is 7.31. The van der Waals surface area contributed by atoms with Gasteiger partial charge in [-0.15, -0.1) is 0 Å². The second kappa shape index (κ2) is 10.3. The Kier molecular flexibility index (Phi) is 7.14. The van der Waals surface area contributed by atoms with Crippen molar-refractivity contribution in [3.8, 4) is 0 Å².